The van der Waals surface area contributed by atoms with Crippen LogP contribution in [0.3, 0.4) is 0 Å². The van der Waals surface area contributed by atoms with E-state index in [1.165, 1.54) is 0 Å². The Labute approximate surface area is 90.5 Å². The van der Waals surface area contributed by atoms with Crippen LogP contribution < -0.4 is 5.73 Å². The molecule has 3 aromatic rings. The summed E-state index contributed by atoms with van der Waals surface area (Å²) in [7, 11) is 1.76. The van der Waals surface area contributed by atoms with Gasteiger partial charge in [0.2, 0.25) is 0 Å². The summed E-state index contributed by atoms with van der Waals surface area (Å²) >= 11 is 0. The van der Waals surface area contributed by atoms with Gasteiger partial charge in [-0.15, -0.1) is 0 Å². The fourth-order valence-corrected chi connectivity index (χ4v) is 1.60. The van der Waals surface area contributed by atoms with E-state index in [2.05, 4.69) is 20.6 Å². The quantitative estimate of drug-likeness (QED) is 0.583. The molecule has 0 aliphatic carbocycles. The molecule has 2 aromatic heterocycles. The van der Waals surface area contributed by atoms with Crippen LogP contribution in [0.4, 0.5) is 5.69 Å². The van der Waals surface area contributed by atoms with Gasteiger partial charge in [0.15, 0.2) is 0 Å². The van der Waals surface area contributed by atoms with E-state index in [-0.39, 0.29) is 0 Å². The van der Waals surface area contributed by atoms with Gasteiger partial charge in [-0.2, -0.15) is 9.78 Å². The topological polar surface area (TPSA) is 87.4 Å². The Morgan fingerprint density at radius 3 is 2.94 bits per heavy atom. The molecule has 0 radical (unpaired) electrons. The molecule has 0 bridgehead atoms. The number of aromatic nitrogens is 6. The third-order valence-corrected chi connectivity index (χ3v) is 2.38. The van der Waals surface area contributed by atoms with Gasteiger partial charge in [0.25, 0.3) is 5.95 Å². The minimum absolute atomic E-state index is 0.556. The minimum atomic E-state index is 0.556. The van der Waals surface area contributed by atoms with Crippen molar-refractivity contribution in [1.82, 2.24) is 30.0 Å². The van der Waals surface area contributed by atoms with Gasteiger partial charge in [0, 0.05) is 18.1 Å². The van der Waals surface area contributed by atoms with Gasteiger partial charge >= 0.3 is 0 Å². The van der Waals surface area contributed by atoms with E-state index in [1.807, 2.05) is 18.2 Å². The molecule has 3 rings (SSSR count). The van der Waals surface area contributed by atoms with Crippen molar-refractivity contribution in [1.29, 1.82) is 0 Å². The summed E-state index contributed by atoms with van der Waals surface area (Å²) in [5, 5.41) is 16.5. The monoisotopic (exact) mass is 215 g/mol. The van der Waals surface area contributed by atoms with E-state index in [0.717, 1.165) is 10.9 Å². The highest BCUT2D eigenvalue weighted by Crippen LogP contribution is 2.18. The van der Waals surface area contributed by atoms with E-state index in [0.29, 0.717) is 11.6 Å². The summed E-state index contributed by atoms with van der Waals surface area (Å²) in [6.07, 6.45) is 1.75. The van der Waals surface area contributed by atoms with Crippen LogP contribution >= 0.6 is 0 Å². The Morgan fingerprint density at radius 1 is 1.31 bits per heavy atom. The molecule has 2 heterocycles. The average Bonchev–Trinajstić information content (AvgIpc) is 2.83. The highest BCUT2D eigenvalue weighted by Gasteiger charge is 2.10. The number of nitrogens with zero attached hydrogens (tertiary/aromatic N) is 6. The summed E-state index contributed by atoms with van der Waals surface area (Å²) in [5.74, 6) is 0.556. The number of benzene rings is 1. The van der Waals surface area contributed by atoms with E-state index in [1.54, 1.807) is 22.6 Å². The third kappa shape index (κ3) is 1.14. The molecule has 0 spiro atoms. The van der Waals surface area contributed by atoms with Crippen molar-refractivity contribution < 1.29 is 0 Å². The Balaban J connectivity index is 2.32. The summed E-state index contributed by atoms with van der Waals surface area (Å²) in [6.45, 7) is 0. The van der Waals surface area contributed by atoms with Crippen LogP contribution in [0.1, 0.15) is 0 Å². The summed E-state index contributed by atoms with van der Waals surface area (Å²) < 4.78 is 3.21. The number of tetrazole rings is 1. The molecule has 0 amide bonds. The molecule has 0 saturated carbocycles. The zero-order chi connectivity index (χ0) is 11.1. The first-order valence-electron chi connectivity index (χ1n) is 4.72. The number of hydrogen-bond acceptors (Lipinski definition) is 5. The first kappa shape index (κ1) is 8.84. The van der Waals surface area contributed by atoms with Crippen molar-refractivity contribution in [2.24, 2.45) is 7.05 Å². The van der Waals surface area contributed by atoms with Crippen molar-refractivity contribution in [3.8, 4) is 5.95 Å². The van der Waals surface area contributed by atoms with E-state index >= 15 is 0 Å². The summed E-state index contributed by atoms with van der Waals surface area (Å²) in [4.78, 5) is 0. The lowest BCUT2D eigenvalue weighted by molar-refractivity contribution is 0.678. The maximum Gasteiger partial charge on any atom is 0.270 e. The van der Waals surface area contributed by atoms with Gasteiger partial charge in [0.1, 0.15) is 0 Å². The molecule has 0 saturated heterocycles. The zero-order valence-corrected chi connectivity index (χ0v) is 8.57. The molecule has 0 atom stereocenters. The first-order valence-corrected chi connectivity index (χ1v) is 4.72. The molecule has 1 aromatic carbocycles. The highest BCUT2D eigenvalue weighted by molar-refractivity contribution is 5.82. The van der Waals surface area contributed by atoms with Crippen LogP contribution in [0.5, 0.6) is 0 Å². The largest absolute Gasteiger partial charge is 0.399 e. The van der Waals surface area contributed by atoms with Gasteiger partial charge < -0.3 is 5.73 Å². The second-order valence-corrected chi connectivity index (χ2v) is 3.48. The Bertz CT molecular complexity index is 651. The van der Waals surface area contributed by atoms with Crippen molar-refractivity contribution in [2.75, 3.05) is 5.73 Å². The maximum absolute atomic E-state index is 5.74. The predicted molar refractivity (Wildman–Crippen MR) is 57.8 cm³/mol. The van der Waals surface area contributed by atoms with Gasteiger partial charge in [-0.25, -0.2) is 4.68 Å². The molecule has 2 N–H and O–H groups in total. The Morgan fingerprint density at radius 2 is 2.19 bits per heavy atom. The normalized spacial score (nSPS) is 11.1. The van der Waals surface area contributed by atoms with Crippen LogP contribution in [0, 0.1) is 0 Å². The molecule has 16 heavy (non-hydrogen) atoms. The lowest BCUT2D eigenvalue weighted by Gasteiger charge is -2.00. The number of fused-ring (bicyclic) bond motifs is 1. The van der Waals surface area contributed by atoms with Crippen LogP contribution in [-0.4, -0.2) is 30.0 Å². The number of rotatable bonds is 1. The van der Waals surface area contributed by atoms with Crippen LogP contribution in [0.25, 0.3) is 16.9 Å². The second kappa shape index (κ2) is 3.02. The van der Waals surface area contributed by atoms with Crippen molar-refractivity contribution in [2.45, 2.75) is 0 Å². The number of hydrogen-bond donors (Lipinski definition) is 1. The number of nitrogen functional groups attached to an aromatic ring is 1. The fourth-order valence-electron chi connectivity index (χ4n) is 1.60. The van der Waals surface area contributed by atoms with Gasteiger partial charge in [-0.05, 0) is 28.6 Å². The highest BCUT2D eigenvalue weighted by atomic mass is 15.6. The molecule has 0 unspecified atom stereocenters. The zero-order valence-electron chi connectivity index (χ0n) is 8.57. The van der Waals surface area contributed by atoms with Gasteiger partial charge in [-0.1, -0.05) is 5.10 Å². The van der Waals surface area contributed by atoms with E-state index < -0.39 is 0 Å². The molecule has 7 heteroatoms. The number of anilines is 1. The maximum atomic E-state index is 5.74. The van der Waals surface area contributed by atoms with Crippen LogP contribution in [-0.2, 0) is 7.05 Å². The first-order chi connectivity index (χ1) is 7.75. The van der Waals surface area contributed by atoms with E-state index in [4.69, 9.17) is 5.73 Å². The lowest BCUT2D eigenvalue weighted by Crippen LogP contribution is -2.05. The number of aryl methyl sites for hydroxylation is 1. The van der Waals surface area contributed by atoms with Crippen LogP contribution in [0.15, 0.2) is 24.4 Å². The third-order valence-electron chi connectivity index (χ3n) is 2.38. The Kier molecular flexibility index (Phi) is 1.67. The summed E-state index contributed by atoms with van der Waals surface area (Å²) in [5.41, 5.74) is 7.32. The molecular formula is C9H9N7. The van der Waals surface area contributed by atoms with Crippen molar-refractivity contribution in [3.63, 3.8) is 0 Å². The SMILES string of the molecule is Cn1nnnc1-n1ncc2ccc(N)cc21. The summed E-state index contributed by atoms with van der Waals surface area (Å²) in [6, 6.07) is 5.60. The fraction of sp³-hybridized carbons (Fsp3) is 0.111. The van der Waals surface area contributed by atoms with Crippen molar-refractivity contribution in [3.05, 3.63) is 24.4 Å². The average molecular weight is 215 g/mol. The molecule has 0 fully saturated rings. The molecule has 0 aliphatic heterocycles. The van der Waals surface area contributed by atoms with Crippen molar-refractivity contribution >= 4 is 16.6 Å². The van der Waals surface area contributed by atoms with Gasteiger partial charge in [-0.3, -0.25) is 0 Å². The predicted octanol–water partition coefficient (Wildman–Crippen LogP) is 0.131. The second-order valence-electron chi connectivity index (χ2n) is 3.48. The minimum Gasteiger partial charge on any atom is -0.399 e. The van der Waals surface area contributed by atoms with Gasteiger partial charge in [0.05, 0.1) is 11.7 Å². The standard InChI is InChI=1S/C9H9N7/c1-15-9(12-13-14-15)16-8-4-7(10)3-2-6(8)5-11-16/h2-5H,10H2,1H3. The Hall–Kier alpha value is -2.44. The molecular weight excluding hydrogens is 206 g/mol. The van der Waals surface area contributed by atoms with Crippen LogP contribution in [0.2, 0.25) is 0 Å². The molecule has 7 nitrogen and oxygen atoms in total. The smallest absolute Gasteiger partial charge is 0.270 e. The molecule has 80 valence electrons. The van der Waals surface area contributed by atoms with E-state index in [9.17, 15) is 0 Å². The lowest BCUT2D eigenvalue weighted by atomic mass is 10.2. The molecule has 0 aliphatic rings. The number of nitrogens with two attached hydrogens (primary N) is 1.